The first-order chi connectivity index (χ1) is 9.84. The Labute approximate surface area is 129 Å². The maximum Gasteiger partial charge on any atom is 0.206 e. The van der Waals surface area contributed by atoms with Crippen LogP contribution < -0.4 is 0 Å². The van der Waals surface area contributed by atoms with Crippen LogP contribution in [-0.4, -0.2) is 15.9 Å². The molecule has 21 heavy (non-hydrogen) atoms. The van der Waals surface area contributed by atoms with Crippen LogP contribution in [0.3, 0.4) is 0 Å². The summed E-state index contributed by atoms with van der Waals surface area (Å²) < 4.78 is 5.89. The molecule has 0 aliphatic rings. The molecule has 1 unspecified atom stereocenters. The summed E-state index contributed by atoms with van der Waals surface area (Å²) in [5.41, 5.74) is 2.09. The number of nitrogens with zero attached hydrogens (tertiary/aromatic N) is 1. The van der Waals surface area contributed by atoms with Crippen molar-refractivity contribution in [2.45, 2.75) is 33.1 Å². The summed E-state index contributed by atoms with van der Waals surface area (Å²) in [6.45, 7) is 11.9. The Morgan fingerprint density at radius 1 is 1.43 bits per heavy atom. The van der Waals surface area contributed by atoms with Crippen LogP contribution in [0.25, 0.3) is 11.1 Å². The molecule has 0 spiro atoms. The van der Waals surface area contributed by atoms with E-state index in [-0.39, 0.29) is 11.0 Å². The van der Waals surface area contributed by atoms with Crippen LogP contribution in [-0.2, 0) is 10.2 Å². The maximum absolute atomic E-state index is 11.9. The van der Waals surface area contributed by atoms with Crippen molar-refractivity contribution in [2.24, 2.45) is 5.92 Å². The molecule has 0 amide bonds. The van der Waals surface area contributed by atoms with Crippen LogP contribution >= 0.6 is 11.8 Å². The highest BCUT2D eigenvalue weighted by molar-refractivity contribution is 8.13. The molecule has 0 saturated carbocycles. The minimum Gasteiger partial charge on any atom is -0.440 e. The highest BCUT2D eigenvalue weighted by atomic mass is 32.2. The average molecular weight is 303 g/mol. The van der Waals surface area contributed by atoms with E-state index in [1.807, 2.05) is 52.0 Å². The van der Waals surface area contributed by atoms with E-state index in [4.69, 9.17) is 4.42 Å². The highest BCUT2D eigenvalue weighted by Crippen LogP contribution is 2.36. The molecule has 1 aromatic carbocycles. The summed E-state index contributed by atoms with van der Waals surface area (Å²) in [6.07, 6.45) is 0. The second-order valence-corrected chi connectivity index (χ2v) is 6.84. The van der Waals surface area contributed by atoms with Gasteiger partial charge in [-0.1, -0.05) is 49.9 Å². The standard InChI is InChI=1S/C17H21NO2S/c1-11(2)15(19)21-10-17(5,12(3)4)16-18-13-8-6-7-9-14(13)20-16/h6-9,11H,3,10H2,1-2,4-5H3. The maximum atomic E-state index is 11.9. The molecule has 0 N–H and O–H groups in total. The smallest absolute Gasteiger partial charge is 0.206 e. The summed E-state index contributed by atoms with van der Waals surface area (Å²) in [4.78, 5) is 16.5. The zero-order chi connectivity index (χ0) is 15.6. The van der Waals surface area contributed by atoms with Gasteiger partial charge in [-0.3, -0.25) is 4.79 Å². The molecule has 4 heteroatoms. The summed E-state index contributed by atoms with van der Waals surface area (Å²) in [5.74, 6) is 1.24. The molecule has 0 radical (unpaired) electrons. The van der Waals surface area contributed by atoms with Crippen molar-refractivity contribution in [1.82, 2.24) is 4.98 Å². The number of allylic oxidation sites excluding steroid dienone is 1. The van der Waals surface area contributed by atoms with Crippen molar-refractivity contribution in [3.63, 3.8) is 0 Å². The lowest BCUT2D eigenvalue weighted by Crippen LogP contribution is -2.28. The minimum absolute atomic E-state index is 0.0213. The lowest BCUT2D eigenvalue weighted by Gasteiger charge is -2.26. The first-order valence-electron chi connectivity index (χ1n) is 7.03. The third-order valence-electron chi connectivity index (χ3n) is 3.68. The lowest BCUT2D eigenvalue weighted by molar-refractivity contribution is -0.113. The third kappa shape index (κ3) is 3.21. The number of hydrogen-bond acceptors (Lipinski definition) is 4. The molecule has 112 valence electrons. The van der Waals surface area contributed by atoms with Gasteiger partial charge in [0.1, 0.15) is 5.52 Å². The second-order valence-electron chi connectivity index (χ2n) is 5.86. The van der Waals surface area contributed by atoms with Crippen molar-refractivity contribution in [2.75, 3.05) is 5.75 Å². The number of carbonyl (C=O) groups is 1. The van der Waals surface area contributed by atoms with E-state index in [0.29, 0.717) is 11.6 Å². The van der Waals surface area contributed by atoms with Crippen LogP contribution in [0.2, 0.25) is 0 Å². The Morgan fingerprint density at radius 2 is 2.10 bits per heavy atom. The van der Waals surface area contributed by atoms with E-state index >= 15 is 0 Å². The van der Waals surface area contributed by atoms with E-state index in [1.54, 1.807) is 0 Å². The van der Waals surface area contributed by atoms with Crippen molar-refractivity contribution in [1.29, 1.82) is 0 Å². The van der Waals surface area contributed by atoms with E-state index in [2.05, 4.69) is 11.6 Å². The molecule has 0 fully saturated rings. The van der Waals surface area contributed by atoms with Gasteiger partial charge in [-0.2, -0.15) is 0 Å². The summed E-state index contributed by atoms with van der Waals surface area (Å²) in [5, 5.41) is 0.179. The van der Waals surface area contributed by atoms with Gasteiger partial charge in [0.15, 0.2) is 10.7 Å². The SMILES string of the molecule is C=C(C)C(C)(CSC(=O)C(C)C)c1nc2ccccc2o1. The fourth-order valence-electron chi connectivity index (χ4n) is 1.86. The van der Waals surface area contributed by atoms with Gasteiger partial charge < -0.3 is 4.42 Å². The van der Waals surface area contributed by atoms with Crippen molar-refractivity contribution >= 4 is 28.0 Å². The highest BCUT2D eigenvalue weighted by Gasteiger charge is 2.34. The quantitative estimate of drug-likeness (QED) is 0.758. The summed E-state index contributed by atoms with van der Waals surface area (Å²) in [6, 6.07) is 7.68. The Hall–Kier alpha value is -1.55. The number of para-hydroxylation sites is 2. The topological polar surface area (TPSA) is 43.1 Å². The average Bonchev–Trinajstić information content (AvgIpc) is 2.88. The number of aromatic nitrogens is 1. The van der Waals surface area contributed by atoms with E-state index in [0.717, 1.165) is 16.7 Å². The molecule has 0 bridgehead atoms. The number of oxazole rings is 1. The first-order valence-corrected chi connectivity index (χ1v) is 8.02. The summed E-state index contributed by atoms with van der Waals surface area (Å²) in [7, 11) is 0. The molecule has 2 aromatic rings. The van der Waals surface area contributed by atoms with Crippen LogP contribution in [0.5, 0.6) is 0 Å². The monoisotopic (exact) mass is 303 g/mol. The molecule has 0 aliphatic carbocycles. The number of hydrogen-bond donors (Lipinski definition) is 0. The predicted molar refractivity (Wildman–Crippen MR) is 88.5 cm³/mol. The Morgan fingerprint density at radius 3 is 2.67 bits per heavy atom. The lowest BCUT2D eigenvalue weighted by atomic mass is 9.86. The van der Waals surface area contributed by atoms with Gasteiger partial charge in [0.25, 0.3) is 0 Å². The number of fused-ring (bicyclic) bond motifs is 1. The molecule has 1 atom stereocenters. The second kappa shape index (κ2) is 6.06. The number of thioether (sulfide) groups is 1. The fourth-order valence-corrected chi connectivity index (χ4v) is 2.99. The molecule has 0 saturated heterocycles. The van der Waals surface area contributed by atoms with Gasteiger partial charge in [0.05, 0.1) is 5.41 Å². The first kappa shape index (κ1) is 15.8. The van der Waals surface area contributed by atoms with Crippen LogP contribution in [0, 0.1) is 5.92 Å². The molecular formula is C17H21NO2S. The van der Waals surface area contributed by atoms with Crippen LogP contribution in [0.4, 0.5) is 0 Å². The molecule has 0 aliphatic heterocycles. The Bertz CT molecular complexity index is 641. The predicted octanol–water partition coefficient (Wildman–Crippen LogP) is 4.58. The normalized spacial score (nSPS) is 14.3. The van der Waals surface area contributed by atoms with Gasteiger partial charge in [-0.15, -0.1) is 0 Å². The van der Waals surface area contributed by atoms with E-state index in [9.17, 15) is 4.79 Å². The van der Waals surface area contributed by atoms with Gasteiger partial charge in [-0.05, 0) is 26.0 Å². The van der Waals surface area contributed by atoms with Crippen LogP contribution in [0.15, 0.2) is 40.8 Å². The number of rotatable bonds is 5. The zero-order valence-electron chi connectivity index (χ0n) is 13.0. The minimum atomic E-state index is -0.450. The van der Waals surface area contributed by atoms with Crippen molar-refractivity contribution < 1.29 is 9.21 Å². The van der Waals surface area contributed by atoms with Gasteiger partial charge >= 0.3 is 0 Å². The Kier molecular flexibility index (Phi) is 4.57. The molecule has 1 aromatic heterocycles. The van der Waals surface area contributed by atoms with Crippen LogP contribution in [0.1, 0.15) is 33.6 Å². The summed E-state index contributed by atoms with van der Waals surface area (Å²) >= 11 is 1.32. The molecule has 2 rings (SSSR count). The van der Waals surface area contributed by atoms with Crippen molar-refractivity contribution in [3.8, 4) is 0 Å². The van der Waals surface area contributed by atoms with Crippen molar-refractivity contribution in [3.05, 3.63) is 42.3 Å². The van der Waals surface area contributed by atoms with Gasteiger partial charge in [0.2, 0.25) is 5.89 Å². The van der Waals surface area contributed by atoms with E-state index < -0.39 is 5.41 Å². The zero-order valence-corrected chi connectivity index (χ0v) is 13.8. The fraction of sp³-hybridized carbons (Fsp3) is 0.412. The Balaban J connectivity index is 2.32. The molecule has 1 heterocycles. The number of benzene rings is 1. The van der Waals surface area contributed by atoms with Gasteiger partial charge in [-0.25, -0.2) is 4.98 Å². The molecule has 3 nitrogen and oxygen atoms in total. The third-order valence-corrected chi connectivity index (χ3v) is 5.16. The molecular weight excluding hydrogens is 282 g/mol. The number of carbonyl (C=O) groups excluding carboxylic acids is 1. The largest absolute Gasteiger partial charge is 0.440 e. The van der Waals surface area contributed by atoms with E-state index in [1.165, 1.54) is 11.8 Å². The van der Waals surface area contributed by atoms with Gasteiger partial charge in [0, 0.05) is 11.7 Å².